The van der Waals surface area contributed by atoms with Gasteiger partial charge in [0.15, 0.2) is 0 Å². The zero-order valence-electron chi connectivity index (χ0n) is 5.32. The van der Waals surface area contributed by atoms with Crippen molar-refractivity contribution in [2.45, 2.75) is 13.8 Å². The third-order valence-corrected chi connectivity index (χ3v) is 2.49. The summed E-state index contributed by atoms with van der Waals surface area (Å²) in [6, 6.07) is 0. The molecule has 1 aliphatic rings. The topological polar surface area (TPSA) is 12.0 Å². The first kappa shape index (κ1) is 6.02. The number of allylic oxidation sites excluding steroid dienone is 2. The van der Waals surface area contributed by atoms with Crippen molar-refractivity contribution >= 4 is 11.8 Å². The lowest BCUT2D eigenvalue weighted by molar-refractivity contribution is 0.845. The predicted octanol–water partition coefficient (Wildman–Crippen LogP) is 1.57. The second kappa shape index (κ2) is 2.44. The molecule has 0 atom stereocenters. The third kappa shape index (κ3) is 1.19. The molecule has 1 rings (SSSR count). The monoisotopic (exact) mass is 129 g/mol. The maximum absolute atomic E-state index is 3.29. The van der Waals surface area contributed by atoms with Gasteiger partial charge in [0, 0.05) is 22.9 Å². The van der Waals surface area contributed by atoms with Crippen LogP contribution >= 0.6 is 11.8 Å². The van der Waals surface area contributed by atoms with Gasteiger partial charge in [-0.3, -0.25) is 0 Å². The van der Waals surface area contributed by atoms with Crippen LogP contribution in [0.4, 0.5) is 0 Å². The average molecular weight is 129 g/mol. The van der Waals surface area contributed by atoms with Gasteiger partial charge in [0.25, 0.3) is 0 Å². The highest BCUT2D eigenvalue weighted by Gasteiger charge is 2.01. The van der Waals surface area contributed by atoms with Gasteiger partial charge in [-0.05, 0) is 13.8 Å². The molecular formula is C6H11NS. The van der Waals surface area contributed by atoms with E-state index >= 15 is 0 Å². The van der Waals surface area contributed by atoms with Crippen LogP contribution < -0.4 is 5.32 Å². The summed E-state index contributed by atoms with van der Waals surface area (Å²) in [6.45, 7) is 5.42. The molecule has 0 aromatic carbocycles. The Morgan fingerprint density at radius 2 is 2.25 bits per heavy atom. The van der Waals surface area contributed by atoms with Crippen molar-refractivity contribution in [3.05, 3.63) is 10.6 Å². The summed E-state index contributed by atoms with van der Waals surface area (Å²) >= 11 is 1.94. The second-order valence-corrected chi connectivity index (χ2v) is 3.27. The van der Waals surface area contributed by atoms with Crippen LogP contribution in [0.2, 0.25) is 0 Å². The molecule has 0 saturated heterocycles. The van der Waals surface area contributed by atoms with E-state index in [1.807, 2.05) is 11.8 Å². The standard InChI is InChI=1S/C6H11NS/c1-5-6(2)8-4-3-7-5/h7H,3-4H2,1-2H3. The first-order valence-electron chi connectivity index (χ1n) is 2.85. The van der Waals surface area contributed by atoms with E-state index in [2.05, 4.69) is 19.2 Å². The van der Waals surface area contributed by atoms with E-state index in [-0.39, 0.29) is 0 Å². The fraction of sp³-hybridized carbons (Fsp3) is 0.667. The molecule has 0 fully saturated rings. The highest BCUT2D eigenvalue weighted by molar-refractivity contribution is 8.03. The van der Waals surface area contributed by atoms with Crippen LogP contribution in [-0.2, 0) is 0 Å². The van der Waals surface area contributed by atoms with Gasteiger partial charge in [-0.25, -0.2) is 0 Å². The molecule has 0 bridgehead atoms. The quantitative estimate of drug-likeness (QED) is 0.533. The van der Waals surface area contributed by atoms with E-state index in [9.17, 15) is 0 Å². The maximum atomic E-state index is 3.29. The Labute approximate surface area is 54.5 Å². The van der Waals surface area contributed by atoms with Crippen molar-refractivity contribution in [1.29, 1.82) is 0 Å². The fourth-order valence-electron chi connectivity index (χ4n) is 0.675. The molecule has 1 N–H and O–H groups in total. The molecule has 1 nitrogen and oxygen atoms in total. The van der Waals surface area contributed by atoms with E-state index in [1.54, 1.807) is 0 Å². The van der Waals surface area contributed by atoms with Crippen molar-refractivity contribution in [3.8, 4) is 0 Å². The molecule has 0 saturated carbocycles. The molecule has 0 unspecified atom stereocenters. The molecule has 46 valence electrons. The summed E-state index contributed by atoms with van der Waals surface area (Å²) in [5, 5.41) is 3.29. The van der Waals surface area contributed by atoms with Crippen molar-refractivity contribution in [3.63, 3.8) is 0 Å². The van der Waals surface area contributed by atoms with Crippen LogP contribution in [-0.4, -0.2) is 12.3 Å². The van der Waals surface area contributed by atoms with Crippen molar-refractivity contribution in [2.24, 2.45) is 0 Å². The van der Waals surface area contributed by atoms with Crippen molar-refractivity contribution in [2.75, 3.05) is 12.3 Å². The van der Waals surface area contributed by atoms with Crippen LogP contribution in [0.15, 0.2) is 10.6 Å². The SMILES string of the molecule is CC1=C(C)SCCN1. The summed E-state index contributed by atoms with van der Waals surface area (Å²) in [7, 11) is 0. The lowest BCUT2D eigenvalue weighted by atomic mass is 10.4. The molecule has 1 heterocycles. The van der Waals surface area contributed by atoms with Gasteiger partial charge in [0.2, 0.25) is 0 Å². The third-order valence-electron chi connectivity index (χ3n) is 1.34. The largest absolute Gasteiger partial charge is 0.387 e. The predicted molar refractivity (Wildman–Crippen MR) is 38.8 cm³/mol. The Balaban J connectivity index is 2.60. The number of thioether (sulfide) groups is 1. The summed E-state index contributed by atoms with van der Waals surface area (Å²) in [4.78, 5) is 1.44. The number of hydrogen-bond donors (Lipinski definition) is 1. The summed E-state index contributed by atoms with van der Waals surface area (Å²) in [5.41, 5.74) is 1.35. The molecule has 0 amide bonds. The Morgan fingerprint density at radius 3 is 2.62 bits per heavy atom. The molecule has 0 spiro atoms. The zero-order chi connectivity index (χ0) is 5.98. The highest BCUT2D eigenvalue weighted by Crippen LogP contribution is 2.19. The summed E-state index contributed by atoms with van der Waals surface area (Å²) in [5.74, 6) is 1.23. The molecule has 2 heteroatoms. The Kier molecular flexibility index (Phi) is 1.84. The van der Waals surface area contributed by atoms with Gasteiger partial charge in [0.05, 0.1) is 0 Å². The van der Waals surface area contributed by atoms with E-state index in [0.29, 0.717) is 0 Å². The normalized spacial score (nSPS) is 20.8. The van der Waals surface area contributed by atoms with Gasteiger partial charge in [-0.15, -0.1) is 11.8 Å². The fourth-order valence-corrected chi connectivity index (χ4v) is 1.47. The van der Waals surface area contributed by atoms with E-state index in [1.165, 1.54) is 16.4 Å². The van der Waals surface area contributed by atoms with Crippen molar-refractivity contribution in [1.82, 2.24) is 5.32 Å². The van der Waals surface area contributed by atoms with Gasteiger partial charge in [0.1, 0.15) is 0 Å². The minimum Gasteiger partial charge on any atom is -0.387 e. The Morgan fingerprint density at radius 1 is 1.50 bits per heavy atom. The Bertz CT molecular complexity index is 104. The number of hydrogen-bond acceptors (Lipinski definition) is 2. The van der Waals surface area contributed by atoms with Crippen LogP contribution in [0.3, 0.4) is 0 Å². The lowest BCUT2D eigenvalue weighted by Crippen LogP contribution is -2.19. The first-order valence-corrected chi connectivity index (χ1v) is 3.83. The average Bonchev–Trinajstić information content (AvgIpc) is 1.77. The van der Waals surface area contributed by atoms with Gasteiger partial charge < -0.3 is 5.32 Å². The minimum absolute atomic E-state index is 1.13. The maximum Gasteiger partial charge on any atom is 0.0238 e. The van der Waals surface area contributed by atoms with Gasteiger partial charge in [-0.2, -0.15) is 0 Å². The molecule has 0 aliphatic carbocycles. The molecule has 0 aromatic heterocycles. The van der Waals surface area contributed by atoms with Crippen LogP contribution in [0.1, 0.15) is 13.8 Å². The van der Waals surface area contributed by atoms with Crippen LogP contribution in [0, 0.1) is 0 Å². The zero-order valence-corrected chi connectivity index (χ0v) is 6.14. The van der Waals surface area contributed by atoms with Crippen LogP contribution in [0.5, 0.6) is 0 Å². The van der Waals surface area contributed by atoms with Gasteiger partial charge >= 0.3 is 0 Å². The summed E-state index contributed by atoms with van der Waals surface area (Å²) < 4.78 is 0. The van der Waals surface area contributed by atoms with Crippen LogP contribution in [0.25, 0.3) is 0 Å². The minimum atomic E-state index is 1.13. The van der Waals surface area contributed by atoms with E-state index < -0.39 is 0 Å². The molecule has 8 heavy (non-hydrogen) atoms. The molecule has 1 aliphatic heterocycles. The lowest BCUT2D eigenvalue weighted by Gasteiger charge is -2.15. The second-order valence-electron chi connectivity index (χ2n) is 1.96. The summed E-state index contributed by atoms with van der Waals surface area (Å²) in [6.07, 6.45) is 0. The Hall–Kier alpha value is -0.110. The van der Waals surface area contributed by atoms with E-state index in [4.69, 9.17) is 0 Å². The smallest absolute Gasteiger partial charge is 0.0238 e. The molecule has 0 radical (unpaired) electrons. The first-order chi connectivity index (χ1) is 3.80. The highest BCUT2D eigenvalue weighted by atomic mass is 32.2. The number of nitrogens with one attached hydrogen (secondary N) is 1. The molecule has 0 aromatic rings. The molecular weight excluding hydrogens is 118 g/mol. The van der Waals surface area contributed by atoms with Crippen molar-refractivity contribution < 1.29 is 0 Å². The number of rotatable bonds is 0. The van der Waals surface area contributed by atoms with E-state index in [0.717, 1.165) is 6.54 Å². The van der Waals surface area contributed by atoms with Gasteiger partial charge in [-0.1, -0.05) is 0 Å².